The topological polar surface area (TPSA) is 24.1 Å². The van der Waals surface area contributed by atoms with Gasteiger partial charge in [-0.2, -0.15) is 0 Å². The highest BCUT2D eigenvalue weighted by molar-refractivity contribution is 4.88. The van der Waals surface area contributed by atoms with Gasteiger partial charge in [-0.15, -0.1) is 0 Å². The first-order valence-electron chi connectivity index (χ1n) is 7.52. The third-order valence-corrected chi connectivity index (χ3v) is 4.03. The molecule has 1 saturated carbocycles. The number of hydrogen-bond acceptors (Lipinski definition) is 2. The Bertz CT molecular complexity index is 195. The molecule has 1 aliphatic carbocycles. The van der Waals surface area contributed by atoms with Crippen LogP contribution in [0.5, 0.6) is 0 Å². The molecule has 0 spiro atoms. The molecule has 0 heterocycles. The van der Waals surface area contributed by atoms with Gasteiger partial charge in [-0.1, -0.05) is 33.6 Å². The van der Waals surface area contributed by atoms with E-state index in [0.29, 0.717) is 11.5 Å². The van der Waals surface area contributed by atoms with Crippen LogP contribution in [0, 0.1) is 11.3 Å². The summed E-state index contributed by atoms with van der Waals surface area (Å²) in [4.78, 5) is 0. The van der Waals surface area contributed by atoms with Gasteiger partial charge in [-0.3, -0.25) is 0 Å². The van der Waals surface area contributed by atoms with Crippen molar-refractivity contribution in [1.82, 2.24) is 10.6 Å². The molecule has 0 aromatic heterocycles. The van der Waals surface area contributed by atoms with Gasteiger partial charge < -0.3 is 10.6 Å². The number of likely N-dealkylation sites (N-methyl/N-ethyl adjacent to an activating group) is 1. The van der Waals surface area contributed by atoms with E-state index in [-0.39, 0.29) is 0 Å². The van der Waals surface area contributed by atoms with Crippen molar-refractivity contribution >= 4 is 0 Å². The Morgan fingerprint density at radius 1 is 1.12 bits per heavy atom. The van der Waals surface area contributed by atoms with E-state index in [0.717, 1.165) is 19.0 Å². The Hall–Kier alpha value is -0.0800. The van der Waals surface area contributed by atoms with Crippen molar-refractivity contribution in [3.63, 3.8) is 0 Å². The summed E-state index contributed by atoms with van der Waals surface area (Å²) in [6.07, 6.45) is 7.15. The molecule has 2 heteroatoms. The van der Waals surface area contributed by atoms with E-state index in [9.17, 15) is 0 Å². The molecule has 0 aromatic carbocycles. The van der Waals surface area contributed by atoms with Gasteiger partial charge in [0.05, 0.1) is 0 Å². The highest BCUT2D eigenvalue weighted by Crippen LogP contribution is 2.42. The standard InChI is InChI=1S/C15H32N2/c1-5-16-11-14(4)17-12-15(10-13(2)3)8-6-7-9-15/h13-14,16-17H,5-12H2,1-4H3. The van der Waals surface area contributed by atoms with Crippen molar-refractivity contribution in [2.45, 2.75) is 65.8 Å². The fraction of sp³-hybridized carbons (Fsp3) is 1.00. The van der Waals surface area contributed by atoms with E-state index in [1.165, 1.54) is 38.6 Å². The van der Waals surface area contributed by atoms with E-state index >= 15 is 0 Å². The van der Waals surface area contributed by atoms with Crippen LogP contribution in [0.1, 0.15) is 59.8 Å². The lowest BCUT2D eigenvalue weighted by Crippen LogP contribution is -2.42. The lowest BCUT2D eigenvalue weighted by atomic mass is 9.78. The van der Waals surface area contributed by atoms with Gasteiger partial charge in [0.15, 0.2) is 0 Å². The minimum atomic E-state index is 0.597. The fourth-order valence-electron chi connectivity index (χ4n) is 3.27. The molecule has 1 fully saturated rings. The van der Waals surface area contributed by atoms with Gasteiger partial charge in [0, 0.05) is 19.1 Å². The molecule has 0 amide bonds. The van der Waals surface area contributed by atoms with Gasteiger partial charge in [0.25, 0.3) is 0 Å². The lowest BCUT2D eigenvalue weighted by molar-refractivity contribution is 0.216. The third kappa shape index (κ3) is 5.39. The largest absolute Gasteiger partial charge is 0.315 e. The summed E-state index contributed by atoms with van der Waals surface area (Å²) in [5.41, 5.74) is 0.606. The van der Waals surface area contributed by atoms with Crippen molar-refractivity contribution in [2.24, 2.45) is 11.3 Å². The first kappa shape index (κ1) is 15.0. The van der Waals surface area contributed by atoms with Crippen LogP contribution in [0.15, 0.2) is 0 Å². The highest BCUT2D eigenvalue weighted by atomic mass is 15.0. The quantitative estimate of drug-likeness (QED) is 0.681. The second-order valence-corrected chi connectivity index (χ2v) is 6.39. The van der Waals surface area contributed by atoms with E-state index in [1.807, 2.05) is 0 Å². The van der Waals surface area contributed by atoms with Crippen LogP contribution in [-0.2, 0) is 0 Å². The first-order valence-corrected chi connectivity index (χ1v) is 7.52. The Kier molecular flexibility index (Phi) is 6.50. The van der Waals surface area contributed by atoms with Crippen LogP contribution in [0.4, 0.5) is 0 Å². The molecule has 0 bridgehead atoms. The van der Waals surface area contributed by atoms with E-state index in [1.54, 1.807) is 0 Å². The zero-order valence-corrected chi connectivity index (χ0v) is 12.3. The Morgan fingerprint density at radius 3 is 2.29 bits per heavy atom. The summed E-state index contributed by atoms with van der Waals surface area (Å²) in [5.74, 6) is 0.832. The van der Waals surface area contributed by atoms with Crippen LogP contribution >= 0.6 is 0 Å². The summed E-state index contributed by atoms with van der Waals surface area (Å²) >= 11 is 0. The zero-order valence-electron chi connectivity index (χ0n) is 12.3. The van der Waals surface area contributed by atoms with Crippen LogP contribution in [0.3, 0.4) is 0 Å². The molecule has 1 atom stereocenters. The molecule has 1 unspecified atom stereocenters. The maximum absolute atomic E-state index is 3.74. The second-order valence-electron chi connectivity index (χ2n) is 6.39. The number of hydrogen-bond donors (Lipinski definition) is 2. The summed E-state index contributed by atoms with van der Waals surface area (Å²) in [5, 5.41) is 7.16. The predicted octanol–water partition coefficient (Wildman–Crippen LogP) is 3.18. The molecule has 0 aromatic rings. The second kappa shape index (κ2) is 7.38. The van der Waals surface area contributed by atoms with Crippen molar-refractivity contribution in [2.75, 3.05) is 19.6 Å². The molecule has 1 rings (SSSR count). The molecular weight excluding hydrogens is 208 g/mol. The third-order valence-electron chi connectivity index (χ3n) is 4.03. The van der Waals surface area contributed by atoms with Crippen molar-refractivity contribution in [3.8, 4) is 0 Å². The van der Waals surface area contributed by atoms with Crippen molar-refractivity contribution in [1.29, 1.82) is 0 Å². The van der Waals surface area contributed by atoms with Crippen LogP contribution < -0.4 is 10.6 Å². The van der Waals surface area contributed by atoms with E-state index in [4.69, 9.17) is 0 Å². The average Bonchev–Trinajstić information content (AvgIpc) is 2.71. The van der Waals surface area contributed by atoms with Gasteiger partial charge in [0.2, 0.25) is 0 Å². The number of rotatable bonds is 8. The molecule has 17 heavy (non-hydrogen) atoms. The lowest BCUT2D eigenvalue weighted by Gasteiger charge is -2.32. The monoisotopic (exact) mass is 240 g/mol. The van der Waals surface area contributed by atoms with Gasteiger partial charge in [-0.05, 0) is 44.1 Å². The molecule has 0 radical (unpaired) electrons. The first-order chi connectivity index (χ1) is 8.08. The number of nitrogens with one attached hydrogen (secondary N) is 2. The predicted molar refractivity (Wildman–Crippen MR) is 76.4 cm³/mol. The van der Waals surface area contributed by atoms with Crippen molar-refractivity contribution in [3.05, 3.63) is 0 Å². The van der Waals surface area contributed by atoms with Crippen LogP contribution in [-0.4, -0.2) is 25.7 Å². The average molecular weight is 240 g/mol. The Morgan fingerprint density at radius 2 is 1.76 bits per heavy atom. The van der Waals surface area contributed by atoms with Crippen molar-refractivity contribution < 1.29 is 0 Å². The van der Waals surface area contributed by atoms with E-state index < -0.39 is 0 Å². The molecule has 0 aliphatic heterocycles. The molecule has 2 nitrogen and oxygen atoms in total. The molecule has 102 valence electrons. The van der Waals surface area contributed by atoms with Gasteiger partial charge >= 0.3 is 0 Å². The zero-order chi connectivity index (χ0) is 12.7. The SMILES string of the molecule is CCNCC(C)NCC1(CC(C)C)CCCC1. The molecule has 2 N–H and O–H groups in total. The van der Waals surface area contributed by atoms with E-state index in [2.05, 4.69) is 38.3 Å². The van der Waals surface area contributed by atoms with Gasteiger partial charge in [0.1, 0.15) is 0 Å². The highest BCUT2D eigenvalue weighted by Gasteiger charge is 2.34. The minimum absolute atomic E-state index is 0.597. The maximum Gasteiger partial charge on any atom is 0.0164 e. The maximum atomic E-state index is 3.74. The summed E-state index contributed by atoms with van der Waals surface area (Å²) in [7, 11) is 0. The molecular formula is C15H32N2. The minimum Gasteiger partial charge on any atom is -0.315 e. The Balaban J connectivity index is 2.34. The Labute approximate surface area is 108 Å². The normalized spacial score (nSPS) is 21.0. The van der Waals surface area contributed by atoms with Crippen LogP contribution in [0.25, 0.3) is 0 Å². The smallest absolute Gasteiger partial charge is 0.0164 e. The molecule has 1 aliphatic rings. The molecule has 0 saturated heterocycles. The summed E-state index contributed by atoms with van der Waals surface area (Å²) in [6, 6.07) is 0.597. The summed E-state index contributed by atoms with van der Waals surface area (Å²) in [6.45, 7) is 12.6. The van der Waals surface area contributed by atoms with Gasteiger partial charge in [-0.25, -0.2) is 0 Å². The van der Waals surface area contributed by atoms with Crippen LogP contribution in [0.2, 0.25) is 0 Å². The fourth-order valence-corrected chi connectivity index (χ4v) is 3.27. The summed E-state index contributed by atoms with van der Waals surface area (Å²) < 4.78 is 0.